The highest BCUT2D eigenvalue weighted by Gasteiger charge is 2.23. The number of thiazole rings is 1. The van der Waals surface area contributed by atoms with Crippen LogP contribution < -0.4 is 10.1 Å². The summed E-state index contributed by atoms with van der Waals surface area (Å²) in [7, 11) is 0. The van der Waals surface area contributed by atoms with E-state index in [4.69, 9.17) is 4.74 Å². The molecule has 1 aromatic heterocycles. The highest BCUT2D eigenvalue weighted by atomic mass is 32.1. The van der Waals surface area contributed by atoms with Crippen LogP contribution in [0, 0.1) is 6.92 Å². The first-order valence-corrected chi connectivity index (χ1v) is 11.9. The van der Waals surface area contributed by atoms with E-state index in [2.05, 4.69) is 39.5 Å². The lowest BCUT2D eigenvalue weighted by atomic mass is 10.1. The van der Waals surface area contributed by atoms with Crippen LogP contribution in [0.3, 0.4) is 0 Å². The molecule has 0 bridgehead atoms. The van der Waals surface area contributed by atoms with Crippen LogP contribution in [0.2, 0.25) is 0 Å². The van der Waals surface area contributed by atoms with E-state index in [1.165, 1.54) is 18.4 Å². The molecule has 1 unspecified atom stereocenters. The topological polar surface area (TPSA) is 54.5 Å². The first-order chi connectivity index (χ1) is 15.7. The van der Waals surface area contributed by atoms with Crippen LogP contribution in [-0.4, -0.2) is 35.4 Å². The highest BCUT2D eigenvalue weighted by Crippen LogP contribution is 2.24. The Morgan fingerprint density at radius 3 is 2.75 bits per heavy atom. The fourth-order valence-corrected chi connectivity index (χ4v) is 4.55. The van der Waals surface area contributed by atoms with Crippen molar-refractivity contribution < 1.29 is 9.53 Å². The zero-order valence-corrected chi connectivity index (χ0v) is 19.2. The van der Waals surface area contributed by atoms with E-state index in [0.29, 0.717) is 13.2 Å². The van der Waals surface area contributed by atoms with E-state index in [1.807, 2.05) is 48.7 Å². The second kappa shape index (κ2) is 11.1. The van der Waals surface area contributed by atoms with Crippen LogP contribution in [-0.2, 0) is 11.4 Å². The third-order valence-electron chi connectivity index (χ3n) is 5.57. The number of nitrogens with zero attached hydrogens (tertiary/aromatic N) is 2. The summed E-state index contributed by atoms with van der Waals surface area (Å²) in [6.45, 7) is 5.19. The molecule has 1 N–H and O–H groups in total. The van der Waals surface area contributed by atoms with Gasteiger partial charge in [0.25, 0.3) is 0 Å². The predicted octanol–water partition coefficient (Wildman–Crippen LogP) is 5.00. The number of hydrogen-bond donors (Lipinski definition) is 1. The Kier molecular flexibility index (Phi) is 7.69. The third kappa shape index (κ3) is 6.28. The van der Waals surface area contributed by atoms with Gasteiger partial charge in [0.05, 0.1) is 16.7 Å². The van der Waals surface area contributed by atoms with E-state index < -0.39 is 0 Å². The number of hydrogen-bond acceptors (Lipinski definition) is 5. The molecule has 1 atom stereocenters. The molecule has 3 aromatic rings. The molecule has 5 nitrogen and oxygen atoms in total. The number of benzene rings is 2. The molecule has 6 heteroatoms. The van der Waals surface area contributed by atoms with E-state index in [0.717, 1.165) is 35.1 Å². The Hall–Kier alpha value is -2.96. The van der Waals surface area contributed by atoms with Crippen LogP contribution in [0.1, 0.15) is 40.7 Å². The molecule has 0 spiro atoms. The standard InChI is InChI=1S/C26H29N3O2S/c1-20-28-23(19-32-20)18-31-24-11-7-8-21(16-24)12-13-26(30)27-17-25(29-14-5-6-15-29)22-9-3-2-4-10-22/h2-4,7-13,16,19,25H,5-6,14-15,17-18H2,1H3,(H,27,30)/b13-12+. The molecule has 1 fully saturated rings. The minimum atomic E-state index is -0.0885. The lowest BCUT2D eigenvalue weighted by Crippen LogP contribution is -2.36. The number of amides is 1. The Morgan fingerprint density at radius 2 is 2.00 bits per heavy atom. The molecule has 1 saturated heterocycles. The molecule has 1 aliphatic heterocycles. The predicted molar refractivity (Wildman–Crippen MR) is 130 cm³/mol. The average molecular weight is 448 g/mol. The summed E-state index contributed by atoms with van der Waals surface area (Å²) in [5.74, 6) is 0.672. The quantitative estimate of drug-likeness (QED) is 0.469. The maximum atomic E-state index is 12.5. The molecule has 4 rings (SSSR count). The molecule has 2 heterocycles. The first-order valence-electron chi connectivity index (χ1n) is 11.1. The fourth-order valence-electron chi connectivity index (χ4n) is 3.95. The van der Waals surface area contributed by atoms with Gasteiger partial charge in [-0.1, -0.05) is 42.5 Å². The van der Waals surface area contributed by atoms with E-state index >= 15 is 0 Å². The molecular weight excluding hydrogens is 418 g/mol. The maximum Gasteiger partial charge on any atom is 0.244 e. The monoisotopic (exact) mass is 447 g/mol. The summed E-state index contributed by atoms with van der Waals surface area (Å²) >= 11 is 1.62. The summed E-state index contributed by atoms with van der Waals surface area (Å²) in [4.78, 5) is 19.4. The zero-order chi connectivity index (χ0) is 22.2. The molecule has 32 heavy (non-hydrogen) atoms. The molecule has 2 aromatic carbocycles. The molecular formula is C26H29N3O2S. The van der Waals surface area contributed by atoms with Gasteiger partial charge in [-0.3, -0.25) is 9.69 Å². The van der Waals surface area contributed by atoms with Gasteiger partial charge in [-0.15, -0.1) is 11.3 Å². The SMILES string of the molecule is Cc1nc(COc2cccc(/C=C/C(=O)NCC(c3ccccc3)N3CCCC3)c2)cs1. The molecule has 166 valence electrons. The fraction of sp³-hybridized carbons (Fsp3) is 0.308. The van der Waals surface area contributed by atoms with Gasteiger partial charge in [0, 0.05) is 18.0 Å². The van der Waals surface area contributed by atoms with Crippen molar-refractivity contribution in [3.63, 3.8) is 0 Å². The number of nitrogens with one attached hydrogen (secondary N) is 1. The third-order valence-corrected chi connectivity index (χ3v) is 6.40. The van der Waals surface area contributed by atoms with Crippen LogP contribution in [0.4, 0.5) is 0 Å². The van der Waals surface area contributed by atoms with Crippen LogP contribution in [0.25, 0.3) is 6.08 Å². The average Bonchev–Trinajstić information content (AvgIpc) is 3.50. The van der Waals surface area contributed by atoms with Crippen molar-refractivity contribution in [2.24, 2.45) is 0 Å². The van der Waals surface area contributed by atoms with E-state index in [-0.39, 0.29) is 11.9 Å². The molecule has 1 aliphatic rings. The number of ether oxygens (including phenoxy) is 1. The Labute approximate surface area is 193 Å². The second-order valence-electron chi connectivity index (χ2n) is 7.97. The van der Waals surface area contributed by atoms with Gasteiger partial charge >= 0.3 is 0 Å². The Morgan fingerprint density at radius 1 is 1.19 bits per heavy atom. The molecule has 0 aliphatic carbocycles. The van der Waals surface area contributed by atoms with Crippen LogP contribution >= 0.6 is 11.3 Å². The Bertz CT molecular complexity index is 1040. The summed E-state index contributed by atoms with van der Waals surface area (Å²) < 4.78 is 5.84. The van der Waals surface area contributed by atoms with Crippen molar-refractivity contribution in [1.82, 2.24) is 15.2 Å². The van der Waals surface area contributed by atoms with Gasteiger partial charge in [0.2, 0.25) is 5.91 Å². The second-order valence-corrected chi connectivity index (χ2v) is 9.03. The smallest absolute Gasteiger partial charge is 0.244 e. The number of aryl methyl sites for hydroxylation is 1. The zero-order valence-electron chi connectivity index (χ0n) is 18.4. The minimum Gasteiger partial charge on any atom is -0.487 e. The van der Waals surface area contributed by atoms with Gasteiger partial charge in [0.1, 0.15) is 12.4 Å². The van der Waals surface area contributed by atoms with Gasteiger partial charge < -0.3 is 10.1 Å². The largest absolute Gasteiger partial charge is 0.487 e. The maximum absolute atomic E-state index is 12.5. The van der Waals surface area contributed by atoms with Crippen molar-refractivity contribution in [2.75, 3.05) is 19.6 Å². The number of rotatable bonds is 9. The summed E-state index contributed by atoms with van der Waals surface area (Å²) in [6, 6.07) is 18.4. The number of likely N-dealkylation sites (tertiary alicyclic amines) is 1. The van der Waals surface area contributed by atoms with Crippen molar-refractivity contribution in [3.05, 3.63) is 87.9 Å². The normalized spacial score (nSPS) is 15.2. The Balaban J connectivity index is 1.32. The summed E-state index contributed by atoms with van der Waals surface area (Å²) in [6.07, 6.45) is 5.85. The van der Waals surface area contributed by atoms with Crippen molar-refractivity contribution in [1.29, 1.82) is 0 Å². The van der Waals surface area contributed by atoms with Crippen molar-refractivity contribution >= 4 is 23.3 Å². The van der Waals surface area contributed by atoms with Crippen LogP contribution in [0.15, 0.2) is 66.1 Å². The van der Waals surface area contributed by atoms with Crippen molar-refractivity contribution in [2.45, 2.75) is 32.4 Å². The lowest BCUT2D eigenvalue weighted by Gasteiger charge is -2.28. The molecule has 1 amide bonds. The number of carbonyl (C=O) groups is 1. The molecule has 0 saturated carbocycles. The highest BCUT2D eigenvalue weighted by molar-refractivity contribution is 7.09. The lowest BCUT2D eigenvalue weighted by molar-refractivity contribution is -0.116. The number of aromatic nitrogens is 1. The van der Waals surface area contributed by atoms with E-state index in [9.17, 15) is 4.79 Å². The first kappa shape index (κ1) is 22.2. The van der Waals surface area contributed by atoms with Gasteiger partial charge in [-0.05, 0) is 62.2 Å². The summed E-state index contributed by atoms with van der Waals surface area (Å²) in [5.41, 5.74) is 3.10. The molecule has 0 radical (unpaired) electrons. The van der Waals surface area contributed by atoms with Crippen LogP contribution in [0.5, 0.6) is 5.75 Å². The number of carbonyl (C=O) groups excluding carboxylic acids is 1. The van der Waals surface area contributed by atoms with Gasteiger partial charge in [-0.2, -0.15) is 0 Å². The van der Waals surface area contributed by atoms with Gasteiger partial charge in [0.15, 0.2) is 0 Å². The van der Waals surface area contributed by atoms with Gasteiger partial charge in [-0.25, -0.2) is 4.98 Å². The minimum absolute atomic E-state index is 0.0885. The summed E-state index contributed by atoms with van der Waals surface area (Å²) in [5, 5.41) is 6.13. The van der Waals surface area contributed by atoms with E-state index in [1.54, 1.807) is 17.4 Å². The van der Waals surface area contributed by atoms with Crippen molar-refractivity contribution in [3.8, 4) is 5.75 Å².